The number of rotatable bonds is 2. The molecular formula is C16H13Cl2N3O. The van der Waals surface area contributed by atoms with Crippen LogP contribution in [0.1, 0.15) is 11.1 Å². The molecule has 1 heterocycles. The lowest BCUT2D eigenvalue weighted by Crippen LogP contribution is -2.12. The summed E-state index contributed by atoms with van der Waals surface area (Å²) < 4.78 is 0. The minimum absolute atomic E-state index is 0.188. The van der Waals surface area contributed by atoms with Gasteiger partial charge in [0.2, 0.25) is 5.95 Å². The fraction of sp³-hybridized carbons (Fsp3) is 0.125. The van der Waals surface area contributed by atoms with Gasteiger partial charge in [-0.15, -0.1) is 0 Å². The molecule has 2 aromatic carbocycles. The summed E-state index contributed by atoms with van der Waals surface area (Å²) in [6, 6.07) is 8.88. The lowest BCUT2D eigenvalue weighted by molar-refractivity contribution is 1.16. The molecule has 22 heavy (non-hydrogen) atoms. The molecule has 0 aliphatic rings. The van der Waals surface area contributed by atoms with E-state index in [1.165, 1.54) is 0 Å². The summed E-state index contributed by atoms with van der Waals surface area (Å²) in [6.07, 6.45) is 0. The standard InChI is InChI=1S/C16H13Cl2N3O/c1-8-3-9(2)14-13(4-8)15(22)21-16(20-14)19-12-6-10(17)5-11(18)7-12/h3-7H,1-2H3,(H2,19,20,21,22). The van der Waals surface area contributed by atoms with E-state index in [2.05, 4.69) is 15.3 Å². The molecule has 6 heteroatoms. The monoisotopic (exact) mass is 333 g/mol. The van der Waals surface area contributed by atoms with Crippen molar-refractivity contribution in [3.8, 4) is 0 Å². The molecule has 2 N–H and O–H groups in total. The number of aromatic nitrogens is 2. The molecule has 0 atom stereocenters. The third-order valence-electron chi connectivity index (χ3n) is 3.27. The average molecular weight is 334 g/mol. The molecule has 0 saturated heterocycles. The third kappa shape index (κ3) is 2.93. The molecule has 0 unspecified atom stereocenters. The molecular weight excluding hydrogens is 321 g/mol. The Morgan fingerprint density at radius 1 is 1.05 bits per heavy atom. The first-order chi connectivity index (χ1) is 10.4. The van der Waals surface area contributed by atoms with Gasteiger partial charge in [-0.3, -0.25) is 9.78 Å². The van der Waals surface area contributed by atoms with Crippen LogP contribution in [-0.2, 0) is 0 Å². The predicted molar refractivity (Wildman–Crippen MR) is 91.6 cm³/mol. The quantitative estimate of drug-likeness (QED) is 0.721. The smallest absolute Gasteiger partial charge is 0.260 e. The van der Waals surface area contributed by atoms with E-state index in [-0.39, 0.29) is 5.56 Å². The Morgan fingerprint density at radius 3 is 2.41 bits per heavy atom. The van der Waals surface area contributed by atoms with E-state index >= 15 is 0 Å². The van der Waals surface area contributed by atoms with Gasteiger partial charge in [0.25, 0.3) is 5.56 Å². The van der Waals surface area contributed by atoms with E-state index in [1.54, 1.807) is 18.2 Å². The first kappa shape index (κ1) is 14.9. The van der Waals surface area contributed by atoms with E-state index in [1.807, 2.05) is 26.0 Å². The number of aromatic amines is 1. The minimum Gasteiger partial charge on any atom is -0.326 e. The summed E-state index contributed by atoms with van der Waals surface area (Å²) >= 11 is 11.9. The number of benzene rings is 2. The third-order valence-corrected chi connectivity index (χ3v) is 3.71. The highest BCUT2D eigenvalue weighted by molar-refractivity contribution is 6.35. The largest absolute Gasteiger partial charge is 0.326 e. The molecule has 3 aromatic rings. The minimum atomic E-state index is -0.188. The molecule has 1 aromatic heterocycles. The summed E-state index contributed by atoms with van der Waals surface area (Å²) in [5.74, 6) is 0.350. The predicted octanol–water partition coefficient (Wildman–Crippen LogP) is 4.59. The molecule has 0 saturated carbocycles. The van der Waals surface area contributed by atoms with Crippen LogP contribution >= 0.6 is 23.2 Å². The van der Waals surface area contributed by atoms with Crippen molar-refractivity contribution in [1.29, 1.82) is 0 Å². The summed E-state index contributed by atoms with van der Waals surface area (Å²) in [6.45, 7) is 3.88. The Balaban J connectivity index is 2.10. The van der Waals surface area contributed by atoms with Gasteiger partial charge < -0.3 is 5.32 Å². The maximum absolute atomic E-state index is 12.2. The van der Waals surface area contributed by atoms with Gasteiger partial charge in [-0.05, 0) is 49.2 Å². The molecule has 112 valence electrons. The molecule has 0 aliphatic heterocycles. The maximum atomic E-state index is 12.2. The van der Waals surface area contributed by atoms with Crippen LogP contribution in [0.4, 0.5) is 11.6 Å². The van der Waals surface area contributed by atoms with E-state index in [0.717, 1.165) is 11.1 Å². The van der Waals surface area contributed by atoms with Crippen LogP contribution in [0.25, 0.3) is 10.9 Å². The van der Waals surface area contributed by atoms with Crippen LogP contribution in [-0.4, -0.2) is 9.97 Å². The molecule has 3 rings (SSSR count). The zero-order chi connectivity index (χ0) is 15.9. The molecule has 0 fully saturated rings. The van der Waals surface area contributed by atoms with Crippen molar-refractivity contribution in [2.24, 2.45) is 0 Å². The highest BCUT2D eigenvalue weighted by Crippen LogP contribution is 2.24. The van der Waals surface area contributed by atoms with Crippen LogP contribution in [0.15, 0.2) is 35.1 Å². The number of H-pyrrole nitrogens is 1. The molecule has 0 bridgehead atoms. The van der Waals surface area contributed by atoms with Crippen molar-refractivity contribution in [2.75, 3.05) is 5.32 Å². The van der Waals surface area contributed by atoms with Crippen molar-refractivity contribution in [3.05, 3.63) is 61.9 Å². The van der Waals surface area contributed by atoms with Gasteiger partial charge in [-0.25, -0.2) is 4.98 Å². The van der Waals surface area contributed by atoms with E-state index in [9.17, 15) is 4.79 Å². The fourth-order valence-corrected chi connectivity index (χ4v) is 2.94. The summed E-state index contributed by atoms with van der Waals surface area (Å²) in [5.41, 5.74) is 3.12. The number of hydrogen-bond donors (Lipinski definition) is 2. The Morgan fingerprint density at radius 2 is 1.73 bits per heavy atom. The van der Waals surface area contributed by atoms with Crippen molar-refractivity contribution in [3.63, 3.8) is 0 Å². The van der Waals surface area contributed by atoms with Crippen molar-refractivity contribution < 1.29 is 0 Å². The second kappa shape index (κ2) is 5.63. The van der Waals surface area contributed by atoms with E-state index in [0.29, 0.717) is 32.6 Å². The van der Waals surface area contributed by atoms with Gasteiger partial charge in [0.15, 0.2) is 0 Å². The van der Waals surface area contributed by atoms with Crippen molar-refractivity contribution >= 4 is 45.7 Å². The number of nitrogens with zero attached hydrogens (tertiary/aromatic N) is 1. The first-order valence-corrected chi connectivity index (χ1v) is 7.42. The summed E-state index contributed by atoms with van der Waals surface area (Å²) in [5, 5.41) is 4.61. The highest BCUT2D eigenvalue weighted by atomic mass is 35.5. The normalized spacial score (nSPS) is 10.9. The zero-order valence-corrected chi connectivity index (χ0v) is 13.5. The number of nitrogens with one attached hydrogen (secondary N) is 2. The van der Waals surface area contributed by atoms with Crippen LogP contribution in [0.5, 0.6) is 0 Å². The Bertz CT molecular complexity index is 914. The maximum Gasteiger partial charge on any atom is 0.260 e. The lowest BCUT2D eigenvalue weighted by atomic mass is 10.1. The van der Waals surface area contributed by atoms with Crippen LogP contribution in [0.3, 0.4) is 0 Å². The average Bonchev–Trinajstić information content (AvgIpc) is 2.39. The summed E-state index contributed by atoms with van der Waals surface area (Å²) in [7, 11) is 0. The highest BCUT2D eigenvalue weighted by Gasteiger charge is 2.08. The summed E-state index contributed by atoms with van der Waals surface area (Å²) in [4.78, 5) is 19.4. The molecule has 0 spiro atoms. The molecule has 4 nitrogen and oxygen atoms in total. The Hall–Kier alpha value is -2.04. The second-order valence-corrected chi connectivity index (χ2v) is 6.05. The Labute approximate surface area is 137 Å². The van der Waals surface area contributed by atoms with Gasteiger partial charge in [0, 0.05) is 15.7 Å². The lowest BCUT2D eigenvalue weighted by Gasteiger charge is -2.09. The molecule has 0 aliphatic carbocycles. The van der Waals surface area contributed by atoms with Gasteiger partial charge in [0.05, 0.1) is 10.9 Å². The first-order valence-electron chi connectivity index (χ1n) is 6.67. The number of hydrogen-bond acceptors (Lipinski definition) is 3. The Kier molecular flexibility index (Phi) is 3.81. The van der Waals surface area contributed by atoms with Gasteiger partial charge in [-0.2, -0.15) is 0 Å². The van der Waals surface area contributed by atoms with Crippen LogP contribution < -0.4 is 10.9 Å². The zero-order valence-electron chi connectivity index (χ0n) is 12.0. The van der Waals surface area contributed by atoms with Crippen LogP contribution in [0.2, 0.25) is 10.0 Å². The number of fused-ring (bicyclic) bond motifs is 1. The number of halogens is 2. The van der Waals surface area contributed by atoms with E-state index < -0.39 is 0 Å². The topological polar surface area (TPSA) is 57.8 Å². The van der Waals surface area contributed by atoms with Crippen molar-refractivity contribution in [2.45, 2.75) is 13.8 Å². The SMILES string of the molecule is Cc1cc(C)c2nc(Nc3cc(Cl)cc(Cl)c3)[nH]c(=O)c2c1. The van der Waals surface area contributed by atoms with Crippen molar-refractivity contribution in [1.82, 2.24) is 9.97 Å². The second-order valence-electron chi connectivity index (χ2n) is 5.18. The van der Waals surface area contributed by atoms with E-state index in [4.69, 9.17) is 23.2 Å². The van der Waals surface area contributed by atoms with Gasteiger partial charge >= 0.3 is 0 Å². The number of anilines is 2. The molecule has 0 amide bonds. The number of aryl methyl sites for hydroxylation is 2. The fourth-order valence-electron chi connectivity index (χ4n) is 2.42. The van der Waals surface area contributed by atoms with Gasteiger partial charge in [0.1, 0.15) is 0 Å². The molecule has 0 radical (unpaired) electrons. The van der Waals surface area contributed by atoms with Gasteiger partial charge in [-0.1, -0.05) is 29.3 Å². The van der Waals surface area contributed by atoms with Crippen LogP contribution in [0, 0.1) is 13.8 Å².